The maximum absolute atomic E-state index is 11.9. The molecule has 2 amide bonds. The van der Waals surface area contributed by atoms with Crippen molar-refractivity contribution in [1.82, 2.24) is 5.32 Å². The van der Waals surface area contributed by atoms with Crippen LogP contribution < -0.4 is 16.8 Å². The SMILES string of the molecule is NC(=O)C=Cc1ccc(C=C(C(N)=O)c2ccc(C3=NCCN3)cc2)cc1. The van der Waals surface area contributed by atoms with Crippen LogP contribution in [0.2, 0.25) is 0 Å². The molecule has 1 heterocycles. The van der Waals surface area contributed by atoms with Gasteiger partial charge in [-0.3, -0.25) is 14.6 Å². The average Bonchev–Trinajstić information content (AvgIpc) is 3.20. The maximum atomic E-state index is 11.9. The Hall–Kier alpha value is -3.67. The predicted octanol–water partition coefficient (Wildman–Crippen LogP) is 1.56. The van der Waals surface area contributed by atoms with Gasteiger partial charge in [-0.15, -0.1) is 0 Å². The normalized spacial score (nSPS) is 14.1. The van der Waals surface area contributed by atoms with Crippen molar-refractivity contribution in [2.24, 2.45) is 16.5 Å². The fourth-order valence-electron chi connectivity index (χ4n) is 2.74. The molecule has 0 unspecified atom stereocenters. The van der Waals surface area contributed by atoms with E-state index in [2.05, 4.69) is 10.3 Å². The van der Waals surface area contributed by atoms with Crippen molar-refractivity contribution in [3.63, 3.8) is 0 Å². The second-order valence-electron chi connectivity index (χ2n) is 6.06. The minimum absolute atomic E-state index is 0.420. The van der Waals surface area contributed by atoms with Crippen molar-refractivity contribution >= 4 is 35.4 Å². The molecule has 2 aromatic rings. The lowest BCUT2D eigenvalue weighted by Crippen LogP contribution is -2.19. The summed E-state index contributed by atoms with van der Waals surface area (Å²) < 4.78 is 0. The van der Waals surface area contributed by atoms with Gasteiger partial charge >= 0.3 is 0 Å². The van der Waals surface area contributed by atoms with Gasteiger partial charge in [-0.1, -0.05) is 48.5 Å². The van der Waals surface area contributed by atoms with Gasteiger partial charge < -0.3 is 16.8 Å². The first kappa shape index (κ1) is 18.1. The van der Waals surface area contributed by atoms with E-state index in [1.807, 2.05) is 48.5 Å². The van der Waals surface area contributed by atoms with Crippen molar-refractivity contribution in [3.8, 4) is 0 Å². The number of hydrogen-bond acceptors (Lipinski definition) is 4. The number of primary amides is 2. The number of carbonyl (C=O) groups excluding carboxylic acids is 2. The van der Waals surface area contributed by atoms with Crippen molar-refractivity contribution in [2.75, 3.05) is 13.1 Å². The van der Waals surface area contributed by atoms with Crippen LogP contribution >= 0.6 is 0 Å². The molecule has 6 nitrogen and oxygen atoms in total. The van der Waals surface area contributed by atoms with Gasteiger partial charge in [0, 0.05) is 23.8 Å². The Morgan fingerprint density at radius 2 is 1.63 bits per heavy atom. The molecule has 1 aliphatic rings. The quantitative estimate of drug-likeness (QED) is 0.537. The van der Waals surface area contributed by atoms with Crippen LogP contribution in [0, 0.1) is 0 Å². The number of rotatable bonds is 6. The summed E-state index contributed by atoms with van der Waals surface area (Å²) in [6.07, 6.45) is 4.67. The molecule has 3 rings (SSSR count). The molecule has 0 saturated heterocycles. The standard InChI is InChI=1S/C21H20N4O2/c22-19(26)10-5-14-1-3-15(4-2-14)13-18(20(23)27)16-6-8-17(9-7-16)21-24-11-12-25-21/h1-10,13H,11-12H2,(H2,22,26)(H2,23,27)(H,24,25). The van der Waals surface area contributed by atoms with Gasteiger partial charge in [0.25, 0.3) is 0 Å². The van der Waals surface area contributed by atoms with Gasteiger partial charge in [0.2, 0.25) is 11.8 Å². The van der Waals surface area contributed by atoms with Gasteiger partial charge in [0.15, 0.2) is 0 Å². The summed E-state index contributed by atoms with van der Waals surface area (Å²) in [6, 6.07) is 14.9. The molecule has 0 atom stereocenters. The molecule has 136 valence electrons. The lowest BCUT2D eigenvalue weighted by Gasteiger charge is -2.07. The molecule has 27 heavy (non-hydrogen) atoms. The fraction of sp³-hybridized carbons (Fsp3) is 0.0952. The van der Waals surface area contributed by atoms with Gasteiger partial charge in [-0.25, -0.2) is 0 Å². The molecule has 0 spiro atoms. The van der Waals surface area contributed by atoms with Crippen LogP contribution in [0.1, 0.15) is 22.3 Å². The minimum atomic E-state index is -0.503. The van der Waals surface area contributed by atoms with Crippen molar-refractivity contribution in [2.45, 2.75) is 0 Å². The third-order valence-corrected chi connectivity index (χ3v) is 4.10. The third-order valence-electron chi connectivity index (χ3n) is 4.10. The van der Waals surface area contributed by atoms with Crippen LogP contribution in [-0.2, 0) is 9.59 Å². The molecule has 5 N–H and O–H groups in total. The zero-order valence-electron chi connectivity index (χ0n) is 14.7. The summed E-state index contributed by atoms with van der Waals surface area (Å²) in [6.45, 7) is 1.61. The number of nitrogens with one attached hydrogen (secondary N) is 1. The second kappa shape index (κ2) is 8.14. The maximum Gasteiger partial charge on any atom is 0.249 e. The number of nitrogens with two attached hydrogens (primary N) is 2. The highest BCUT2D eigenvalue weighted by Crippen LogP contribution is 2.20. The van der Waals surface area contributed by atoms with E-state index in [1.165, 1.54) is 6.08 Å². The predicted molar refractivity (Wildman–Crippen MR) is 108 cm³/mol. The highest BCUT2D eigenvalue weighted by molar-refractivity contribution is 6.23. The number of nitrogens with zero attached hydrogens (tertiary/aromatic N) is 1. The number of carbonyl (C=O) groups is 2. The first-order chi connectivity index (χ1) is 13.0. The summed E-state index contributed by atoms with van der Waals surface area (Å²) in [4.78, 5) is 27.1. The summed E-state index contributed by atoms with van der Waals surface area (Å²) in [5, 5.41) is 3.22. The van der Waals surface area contributed by atoms with E-state index in [0.29, 0.717) is 5.57 Å². The molecule has 6 heteroatoms. The monoisotopic (exact) mass is 360 g/mol. The van der Waals surface area contributed by atoms with E-state index < -0.39 is 11.8 Å². The van der Waals surface area contributed by atoms with Crippen LogP contribution in [0.25, 0.3) is 17.7 Å². The first-order valence-corrected chi connectivity index (χ1v) is 8.51. The molecule has 0 aliphatic carbocycles. The highest BCUT2D eigenvalue weighted by atomic mass is 16.1. The molecular formula is C21H20N4O2. The van der Waals surface area contributed by atoms with Crippen molar-refractivity contribution in [1.29, 1.82) is 0 Å². The summed E-state index contributed by atoms with van der Waals surface area (Å²) in [5.74, 6) is -0.139. The first-order valence-electron chi connectivity index (χ1n) is 8.51. The van der Waals surface area contributed by atoms with Crippen LogP contribution in [0.5, 0.6) is 0 Å². The molecule has 0 saturated carbocycles. The topological polar surface area (TPSA) is 111 Å². The Balaban J connectivity index is 1.84. The van der Waals surface area contributed by atoms with Crippen molar-refractivity contribution in [3.05, 3.63) is 76.9 Å². The lowest BCUT2D eigenvalue weighted by molar-refractivity contribution is -0.114. The molecule has 0 bridgehead atoms. The molecular weight excluding hydrogens is 340 g/mol. The van der Waals surface area contributed by atoms with E-state index >= 15 is 0 Å². The second-order valence-corrected chi connectivity index (χ2v) is 6.06. The van der Waals surface area contributed by atoms with Crippen LogP contribution in [0.3, 0.4) is 0 Å². The number of amides is 2. The Kier molecular flexibility index (Phi) is 5.47. The number of amidine groups is 1. The Morgan fingerprint density at radius 1 is 0.963 bits per heavy atom. The lowest BCUT2D eigenvalue weighted by atomic mass is 10.00. The van der Waals surface area contributed by atoms with Crippen molar-refractivity contribution < 1.29 is 9.59 Å². The smallest absolute Gasteiger partial charge is 0.249 e. The minimum Gasteiger partial charge on any atom is -0.368 e. The molecule has 2 aromatic carbocycles. The van der Waals surface area contributed by atoms with E-state index in [-0.39, 0.29) is 0 Å². The van der Waals surface area contributed by atoms with Gasteiger partial charge in [0.1, 0.15) is 5.84 Å². The molecule has 0 fully saturated rings. The molecule has 0 aromatic heterocycles. The zero-order chi connectivity index (χ0) is 19.2. The Morgan fingerprint density at radius 3 is 2.19 bits per heavy atom. The van der Waals surface area contributed by atoms with Gasteiger partial charge in [0.05, 0.1) is 6.54 Å². The van der Waals surface area contributed by atoms with E-state index in [1.54, 1.807) is 12.2 Å². The third kappa shape index (κ3) is 4.70. The summed E-state index contributed by atoms with van der Waals surface area (Å²) in [7, 11) is 0. The summed E-state index contributed by atoms with van der Waals surface area (Å²) in [5.41, 5.74) is 14.5. The van der Waals surface area contributed by atoms with Gasteiger partial charge in [-0.2, -0.15) is 0 Å². The van der Waals surface area contributed by atoms with Crippen LogP contribution in [0.4, 0.5) is 0 Å². The van der Waals surface area contributed by atoms with E-state index in [4.69, 9.17) is 11.5 Å². The largest absolute Gasteiger partial charge is 0.368 e. The Labute approximate surface area is 157 Å². The number of benzene rings is 2. The Bertz CT molecular complexity index is 939. The summed E-state index contributed by atoms with van der Waals surface area (Å²) >= 11 is 0. The van der Waals surface area contributed by atoms with Gasteiger partial charge in [-0.05, 0) is 28.8 Å². The van der Waals surface area contributed by atoms with Crippen LogP contribution in [-0.4, -0.2) is 30.7 Å². The van der Waals surface area contributed by atoms with Crippen LogP contribution in [0.15, 0.2) is 59.6 Å². The highest BCUT2D eigenvalue weighted by Gasteiger charge is 2.11. The average molecular weight is 360 g/mol. The fourth-order valence-corrected chi connectivity index (χ4v) is 2.74. The number of aliphatic imine (C=N–C) groups is 1. The van der Waals surface area contributed by atoms with E-state index in [9.17, 15) is 9.59 Å². The molecule has 0 radical (unpaired) electrons. The molecule has 1 aliphatic heterocycles. The van der Waals surface area contributed by atoms with E-state index in [0.717, 1.165) is 41.2 Å². The number of hydrogen-bond donors (Lipinski definition) is 3. The zero-order valence-corrected chi connectivity index (χ0v) is 14.7.